The van der Waals surface area contributed by atoms with E-state index < -0.39 is 12.0 Å². The van der Waals surface area contributed by atoms with Crippen LogP contribution in [0.25, 0.3) is 0 Å². The first-order chi connectivity index (χ1) is 9.86. The molecule has 1 amide bonds. The van der Waals surface area contributed by atoms with Gasteiger partial charge in [0, 0.05) is 11.1 Å². The Morgan fingerprint density at radius 3 is 2.67 bits per heavy atom. The third-order valence-electron chi connectivity index (χ3n) is 2.71. The second-order valence-corrected chi connectivity index (χ2v) is 5.67. The van der Waals surface area contributed by atoms with E-state index in [1.54, 1.807) is 24.3 Å². The van der Waals surface area contributed by atoms with Crippen LogP contribution in [0.5, 0.6) is 5.75 Å². The number of hydrogen-bond acceptors (Lipinski definition) is 3. The lowest BCUT2D eigenvalue weighted by molar-refractivity contribution is -0.137. The van der Waals surface area contributed by atoms with E-state index >= 15 is 0 Å². The topological polar surface area (TPSA) is 75.6 Å². The van der Waals surface area contributed by atoms with E-state index in [-0.39, 0.29) is 18.9 Å². The minimum Gasteiger partial charge on any atom is -0.484 e. The molecule has 0 radical (unpaired) electrons. The molecule has 0 aliphatic rings. The molecule has 1 aromatic rings. The summed E-state index contributed by atoms with van der Waals surface area (Å²) in [5.41, 5.74) is 0. The number of amides is 1. The normalized spacial score (nSPS) is 12.0. The van der Waals surface area contributed by atoms with E-state index in [4.69, 9.17) is 21.4 Å². The monoisotopic (exact) mass is 313 g/mol. The van der Waals surface area contributed by atoms with Crippen LogP contribution in [-0.4, -0.2) is 29.6 Å². The van der Waals surface area contributed by atoms with E-state index in [9.17, 15) is 9.59 Å². The fourth-order valence-corrected chi connectivity index (χ4v) is 2.13. The molecule has 0 fully saturated rings. The number of halogens is 1. The number of carboxylic acids is 1. The summed E-state index contributed by atoms with van der Waals surface area (Å²) in [5.74, 6) is -0.488. The number of carbonyl (C=O) groups excluding carboxylic acids is 1. The molecule has 0 aromatic heterocycles. The maximum Gasteiger partial charge on any atom is 0.305 e. The van der Waals surface area contributed by atoms with Crippen molar-refractivity contribution in [3.8, 4) is 5.75 Å². The molecule has 0 unspecified atom stereocenters. The molecule has 0 aliphatic carbocycles. The first kappa shape index (κ1) is 17.3. The van der Waals surface area contributed by atoms with E-state index in [0.717, 1.165) is 0 Å². The smallest absolute Gasteiger partial charge is 0.305 e. The Morgan fingerprint density at radius 2 is 2.10 bits per heavy atom. The average molecular weight is 314 g/mol. The lowest BCUT2D eigenvalue weighted by Gasteiger charge is -2.19. The molecule has 6 heteroatoms. The molecule has 1 rings (SSSR count). The lowest BCUT2D eigenvalue weighted by Crippen LogP contribution is -2.40. The molecular formula is C15H20ClNO4. The van der Waals surface area contributed by atoms with Gasteiger partial charge in [-0.05, 0) is 30.5 Å². The number of aliphatic carboxylic acids is 1. The van der Waals surface area contributed by atoms with Crippen molar-refractivity contribution in [1.82, 2.24) is 5.32 Å². The van der Waals surface area contributed by atoms with Crippen molar-refractivity contribution in [3.63, 3.8) is 0 Å². The maximum atomic E-state index is 11.8. The summed E-state index contributed by atoms with van der Waals surface area (Å²) < 4.78 is 5.32. The predicted molar refractivity (Wildman–Crippen MR) is 80.6 cm³/mol. The summed E-state index contributed by atoms with van der Waals surface area (Å²) in [7, 11) is 0. The standard InChI is InChI=1S/C15H20ClNO4/c1-10(2)6-12(8-15(19)20)17-14(18)9-21-13-5-3-4-11(16)7-13/h3-5,7,10,12H,6,8-9H2,1-2H3,(H,17,18)(H,19,20)/t12-/m0/s1. The highest BCUT2D eigenvalue weighted by atomic mass is 35.5. The fourth-order valence-electron chi connectivity index (χ4n) is 1.95. The van der Waals surface area contributed by atoms with Crippen LogP contribution in [0.15, 0.2) is 24.3 Å². The number of nitrogens with one attached hydrogen (secondary N) is 1. The molecule has 0 saturated heterocycles. The summed E-state index contributed by atoms with van der Waals surface area (Å²) in [6.45, 7) is 3.78. The molecule has 0 heterocycles. The highest BCUT2D eigenvalue weighted by Crippen LogP contribution is 2.17. The van der Waals surface area contributed by atoms with Crippen LogP contribution in [0, 0.1) is 5.92 Å². The summed E-state index contributed by atoms with van der Waals surface area (Å²) >= 11 is 5.81. The summed E-state index contributed by atoms with van der Waals surface area (Å²) in [5, 5.41) is 12.1. The Balaban J connectivity index is 2.47. The van der Waals surface area contributed by atoms with Gasteiger partial charge in [-0.15, -0.1) is 0 Å². The van der Waals surface area contributed by atoms with Gasteiger partial charge in [-0.25, -0.2) is 0 Å². The van der Waals surface area contributed by atoms with Crippen molar-refractivity contribution in [1.29, 1.82) is 0 Å². The Hall–Kier alpha value is -1.75. The van der Waals surface area contributed by atoms with Crippen molar-refractivity contribution in [2.75, 3.05) is 6.61 Å². The van der Waals surface area contributed by atoms with Gasteiger partial charge in [0.2, 0.25) is 0 Å². The molecule has 2 N–H and O–H groups in total. The van der Waals surface area contributed by atoms with Crippen LogP contribution in [0.3, 0.4) is 0 Å². The molecule has 0 spiro atoms. The van der Waals surface area contributed by atoms with Crippen LogP contribution >= 0.6 is 11.6 Å². The molecule has 0 bridgehead atoms. The molecule has 0 aliphatic heterocycles. The second kappa shape index (κ2) is 8.52. The molecule has 5 nitrogen and oxygen atoms in total. The molecule has 1 aromatic carbocycles. The van der Waals surface area contributed by atoms with Gasteiger partial charge in [0.05, 0.1) is 6.42 Å². The first-order valence-electron chi connectivity index (χ1n) is 6.76. The number of benzene rings is 1. The van der Waals surface area contributed by atoms with Gasteiger partial charge in [-0.2, -0.15) is 0 Å². The molecule has 0 saturated carbocycles. The summed E-state index contributed by atoms with van der Waals surface area (Å²) in [6.07, 6.45) is 0.510. The van der Waals surface area contributed by atoms with Crippen molar-refractivity contribution in [3.05, 3.63) is 29.3 Å². The summed E-state index contributed by atoms with van der Waals surface area (Å²) in [4.78, 5) is 22.6. The van der Waals surface area contributed by atoms with Crippen molar-refractivity contribution >= 4 is 23.5 Å². The highest BCUT2D eigenvalue weighted by Gasteiger charge is 2.17. The number of ether oxygens (including phenoxy) is 1. The van der Waals surface area contributed by atoms with E-state index in [1.165, 1.54) is 0 Å². The third-order valence-corrected chi connectivity index (χ3v) is 2.94. The zero-order valence-corrected chi connectivity index (χ0v) is 12.9. The quantitative estimate of drug-likeness (QED) is 0.773. The van der Waals surface area contributed by atoms with Gasteiger partial charge >= 0.3 is 5.97 Å². The van der Waals surface area contributed by atoms with Crippen molar-refractivity contribution in [2.45, 2.75) is 32.7 Å². The summed E-state index contributed by atoms with van der Waals surface area (Å²) in [6, 6.07) is 6.35. The third kappa shape index (κ3) is 7.56. The Morgan fingerprint density at radius 1 is 1.38 bits per heavy atom. The number of rotatable bonds is 8. The predicted octanol–water partition coefficient (Wildman–Crippen LogP) is 2.72. The maximum absolute atomic E-state index is 11.8. The lowest BCUT2D eigenvalue weighted by atomic mass is 10.0. The van der Waals surface area contributed by atoms with Crippen LogP contribution in [-0.2, 0) is 9.59 Å². The molecule has 116 valence electrons. The van der Waals surface area contributed by atoms with Crippen LogP contribution < -0.4 is 10.1 Å². The Kier molecular flexibility index (Phi) is 7.02. The van der Waals surface area contributed by atoms with Gasteiger partial charge in [0.15, 0.2) is 6.61 Å². The van der Waals surface area contributed by atoms with E-state index in [0.29, 0.717) is 23.1 Å². The van der Waals surface area contributed by atoms with Gasteiger partial charge in [0.25, 0.3) is 5.91 Å². The average Bonchev–Trinajstić information content (AvgIpc) is 2.34. The first-order valence-corrected chi connectivity index (χ1v) is 7.14. The number of carboxylic acid groups (broad SMARTS) is 1. The minimum absolute atomic E-state index is 0.0961. The van der Waals surface area contributed by atoms with Crippen LogP contribution in [0.2, 0.25) is 5.02 Å². The van der Waals surface area contributed by atoms with E-state index in [2.05, 4.69) is 5.32 Å². The number of carbonyl (C=O) groups is 2. The van der Waals surface area contributed by atoms with Crippen molar-refractivity contribution in [2.24, 2.45) is 5.92 Å². The second-order valence-electron chi connectivity index (χ2n) is 5.24. The van der Waals surface area contributed by atoms with Gasteiger partial charge in [-0.3, -0.25) is 9.59 Å². The van der Waals surface area contributed by atoms with Gasteiger partial charge in [-0.1, -0.05) is 31.5 Å². The molecular weight excluding hydrogens is 294 g/mol. The van der Waals surface area contributed by atoms with Crippen molar-refractivity contribution < 1.29 is 19.4 Å². The minimum atomic E-state index is -0.934. The zero-order chi connectivity index (χ0) is 15.8. The number of hydrogen-bond donors (Lipinski definition) is 2. The fraction of sp³-hybridized carbons (Fsp3) is 0.467. The molecule has 1 atom stereocenters. The SMILES string of the molecule is CC(C)C[C@@H](CC(=O)O)NC(=O)COc1cccc(Cl)c1. The van der Waals surface area contributed by atoms with Crippen LogP contribution in [0.4, 0.5) is 0 Å². The van der Waals surface area contributed by atoms with Gasteiger partial charge in [0.1, 0.15) is 5.75 Å². The Labute approximate surface area is 129 Å². The van der Waals surface area contributed by atoms with Crippen LogP contribution in [0.1, 0.15) is 26.7 Å². The Bertz CT molecular complexity index is 490. The highest BCUT2D eigenvalue weighted by molar-refractivity contribution is 6.30. The van der Waals surface area contributed by atoms with Gasteiger partial charge < -0.3 is 15.2 Å². The largest absolute Gasteiger partial charge is 0.484 e. The zero-order valence-electron chi connectivity index (χ0n) is 12.1. The molecule has 21 heavy (non-hydrogen) atoms. The van der Waals surface area contributed by atoms with E-state index in [1.807, 2.05) is 13.8 Å².